The van der Waals surface area contributed by atoms with Gasteiger partial charge >= 0.3 is 6.09 Å². The van der Waals surface area contributed by atoms with Crippen molar-refractivity contribution >= 4 is 40.7 Å². The number of hydrogen-bond acceptors (Lipinski definition) is 3. The predicted molar refractivity (Wildman–Crippen MR) is 138 cm³/mol. The molecular formula is C26H36BrNO3Si. The number of alkyl halides is 1. The first kappa shape index (κ1) is 25.0. The molecular weight excluding hydrogens is 482 g/mol. The van der Waals surface area contributed by atoms with Crippen LogP contribution in [0.4, 0.5) is 4.79 Å². The average molecular weight is 519 g/mol. The monoisotopic (exact) mass is 517 g/mol. The van der Waals surface area contributed by atoms with E-state index in [2.05, 4.69) is 97.4 Å². The highest BCUT2D eigenvalue weighted by atomic mass is 79.9. The zero-order chi connectivity index (χ0) is 23.6. The lowest BCUT2D eigenvalue weighted by Gasteiger charge is -2.44. The highest BCUT2D eigenvalue weighted by molar-refractivity contribution is 9.09. The maximum absolute atomic E-state index is 12.9. The van der Waals surface area contributed by atoms with Crippen LogP contribution in [-0.2, 0) is 9.16 Å². The van der Waals surface area contributed by atoms with Gasteiger partial charge in [-0.3, -0.25) is 0 Å². The van der Waals surface area contributed by atoms with Gasteiger partial charge in [0.1, 0.15) is 5.60 Å². The zero-order valence-electron chi connectivity index (χ0n) is 20.1. The summed E-state index contributed by atoms with van der Waals surface area (Å²) >= 11 is 3.61. The summed E-state index contributed by atoms with van der Waals surface area (Å²) in [6.07, 6.45) is 0.460. The molecule has 2 aromatic carbocycles. The first-order valence-corrected chi connectivity index (χ1v) is 14.4. The Morgan fingerprint density at radius 1 is 0.969 bits per heavy atom. The lowest BCUT2D eigenvalue weighted by atomic mass is 10.2. The lowest BCUT2D eigenvalue weighted by Crippen LogP contribution is -2.67. The van der Waals surface area contributed by atoms with Gasteiger partial charge in [0.25, 0.3) is 8.32 Å². The van der Waals surface area contributed by atoms with E-state index in [9.17, 15) is 4.79 Å². The van der Waals surface area contributed by atoms with Crippen LogP contribution < -0.4 is 10.4 Å². The van der Waals surface area contributed by atoms with Gasteiger partial charge in [-0.15, -0.1) is 0 Å². The third-order valence-electron chi connectivity index (χ3n) is 5.94. The van der Waals surface area contributed by atoms with Crippen LogP contribution in [0.2, 0.25) is 5.04 Å². The number of carbonyl (C=O) groups excluding carboxylic acids is 1. The number of amides is 1. The number of benzene rings is 2. The second-order valence-corrected chi connectivity index (χ2v) is 15.5. The van der Waals surface area contributed by atoms with E-state index < -0.39 is 13.9 Å². The molecule has 0 unspecified atom stereocenters. The standard InChI is InChI=1S/C26H36BrNO3Si/c1-25(2,3)30-24(29)28-19-21(17-20(28)18-27)31-32(26(4,5)6,22-13-9-7-10-14-22)23-15-11-8-12-16-23/h7-16,20-21H,17-19H2,1-6H3/t20-,21-/m0/s1. The van der Waals surface area contributed by atoms with E-state index in [0.717, 1.165) is 6.42 Å². The summed E-state index contributed by atoms with van der Waals surface area (Å²) in [5, 5.41) is 3.11. The molecule has 6 heteroatoms. The van der Waals surface area contributed by atoms with Crippen molar-refractivity contribution in [2.75, 3.05) is 11.9 Å². The molecule has 3 rings (SSSR count). The van der Waals surface area contributed by atoms with Crippen LogP contribution >= 0.6 is 15.9 Å². The van der Waals surface area contributed by atoms with Crippen molar-refractivity contribution in [3.63, 3.8) is 0 Å². The Morgan fingerprint density at radius 2 is 1.47 bits per heavy atom. The molecule has 1 aliphatic heterocycles. The maximum atomic E-state index is 12.9. The summed E-state index contributed by atoms with van der Waals surface area (Å²) in [5.41, 5.74) is -0.523. The van der Waals surface area contributed by atoms with Gasteiger partial charge in [0.2, 0.25) is 0 Å². The van der Waals surface area contributed by atoms with Crippen molar-refractivity contribution in [1.29, 1.82) is 0 Å². The molecule has 0 saturated carbocycles. The summed E-state index contributed by atoms with van der Waals surface area (Å²) in [6, 6.07) is 21.3. The van der Waals surface area contributed by atoms with Crippen LogP contribution in [-0.4, -0.2) is 48.9 Å². The Hall–Kier alpha value is -1.63. The van der Waals surface area contributed by atoms with Gasteiger partial charge in [-0.05, 0) is 42.6 Å². The molecule has 1 heterocycles. The van der Waals surface area contributed by atoms with Crippen LogP contribution in [0.1, 0.15) is 48.0 Å². The molecule has 0 N–H and O–H groups in total. The minimum atomic E-state index is -2.66. The summed E-state index contributed by atoms with van der Waals surface area (Å²) in [4.78, 5) is 14.8. The summed E-state index contributed by atoms with van der Waals surface area (Å²) in [7, 11) is -2.66. The highest BCUT2D eigenvalue weighted by Gasteiger charge is 2.53. The molecule has 1 saturated heterocycles. The Labute approximate surface area is 202 Å². The molecule has 0 bridgehead atoms. The molecule has 1 fully saturated rings. The van der Waals surface area contributed by atoms with Gasteiger partial charge in [0.05, 0.1) is 6.10 Å². The fourth-order valence-electron chi connectivity index (χ4n) is 4.59. The molecule has 0 spiro atoms. The third kappa shape index (κ3) is 5.29. The third-order valence-corrected chi connectivity index (χ3v) is 11.8. The van der Waals surface area contributed by atoms with E-state index in [-0.39, 0.29) is 23.3 Å². The van der Waals surface area contributed by atoms with Gasteiger partial charge in [0, 0.05) is 17.9 Å². The van der Waals surface area contributed by atoms with Gasteiger partial charge < -0.3 is 14.1 Å². The van der Waals surface area contributed by atoms with Crippen LogP contribution in [0, 0.1) is 0 Å². The van der Waals surface area contributed by atoms with Crippen molar-refractivity contribution in [1.82, 2.24) is 4.90 Å². The van der Waals surface area contributed by atoms with E-state index in [1.165, 1.54) is 10.4 Å². The van der Waals surface area contributed by atoms with Crippen molar-refractivity contribution < 1.29 is 14.0 Å². The number of carbonyl (C=O) groups is 1. The predicted octanol–water partition coefficient (Wildman–Crippen LogP) is 5.34. The summed E-state index contributed by atoms with van der Waals surface area (Å²) < 4.78 is 12.9. The van der Waals surface area contributed by atoms with E-state index in [1.54, 1.807) is 0 Å². The van der Waals surface area contributed by atoms with Gasteiger partial charge in [-0.1, -0.05) is 97.4 Å². The Balaban J connectivity index is 2.00. The quantitative estimate of drug-likeness (QED) is 0.397. The molecule has 0 radical (unpaired) electrons. The molecule has 2 aromatic rings. The maximum Gasteiger partial charge on any atom is 0.410 e. The molecule has 4 nitrogen and oxygen atoms in total. The van der Waals surface area contributed by atoms with Crippen molar-refractivity contribution in [2.45, 2.75) is 70.7 Å². The second kappa shape index (κ2) is 9.70. The Morgan fingerprint density at radius 3 is 1.88 bits per heavy atom. The molecule has 0 aromatic heterocycles. The number of halogens is 1. The van der Waals surface area contributed by atoms with Crippen molar-refractivity contribution in [3.05, 3.63) is 60.7 Å². The smallest absolute Gasteiger partial charge is 0.410 e. The van der Waals surface area contributed by atoms with Crippen molar-refractivity contribution in [3.8, 4) is 0 Å². The van der Waals surface area contributed by atoms with E-state index >= 15 is 0 Å². The summed E-state index contributed by atoms with van der Waals surface area (Å²) in [5.74, 6) is 0. The Bertz CT molecular complexity index is 853. The average Bonchev–Trinajstić information content (AvgIpc) is 3.14. The van der Waals surface area contributed by atoms with Crippen LogP contribution in [0.3, 0.4) is 0 Å². The van der Waals surface area contributed by atoms with Gasteiger partial charge in [-0.25, -0.2) is 4.79 Å². The number of hydrogen-bond donors (Lipinski definition) is 0. The van der Waals surface area contributed by atoms with Crippen LogP contribution in [0.25, 0.3) is 0 Å². The first-order chi connectivity index (χ1) is 15.0. The van der Waals surface area contributed by atoms with Gasteiger partial charge in [0.15, 0.2) is 0 Å². The zero-order valence-corrected chi connectivity index (χ0v) is 22.7. The summed E-state index contributed by atoms with van der Waals surface area (Å²) in [6.45, 7) is 13.1. The molecule has 0 aliphatic carbocycles. The molecule has 1 aliphatic rings. The fourth-order valence-corrected chi connectivity index (χ4v) is 9.89. The van der Waals surface area contributed by atoms with Crippen LogP contribution in [0.15, 0.2) is 60.7 Å². The fraction of sp³-hybridized carbons (Fsp3) is 0.500. The van der Waals surface area contributed by atoms with Gasteiger partial charge in [-0.2, -0.15) is 0 Å². The topological polar surface area (TPSA) is 38.8 Å². The largest absolute Gasteiger partial charge is 0.444 e. The van der Waals surface area contributed by atoms with Crippen molar-refractivity contribution in [2.24, 2.45) is 0 Å². The van der Waals surface area contributed by atoms with E-state index in [4.69, 9.17) is 9.16 Å². The Kier molecular flexibility index (Phi) is 7.57. The van der Waals surface area contributed by atoms with E-state index in [0.29, 0.717) is 11.9 Å². The van der Waals surface area contributed by atoms with Crippen LogP contribution in [0.5, 0.6) is 0 Å². The molecule has 1 amide bonds. The van der Waals surface area contributed by atoms with E-state index in [1.807, 2.05) is 25.7 Å². The minimum Gasteiger partial charge on any atom is -0.444 e. The normalized spacial score (nSPS) is 19.8. The number of likely N-dealkylation sites (tertiary alicyclic amines) is 1. The number of nitrogens with zero attached hydrogens (tertiary/aromatic N) is 1. The number of rotatable bonds is 5. The molecule has 32 heavy (non-hydrogen) atoms. The first-order valence-electron chi connectivity index (χ1n) is 11.3. The lowest BCUT2D eigenvalue weighted by molar-refractivity contribution is 0.0226. The highest BCUT2D eigenvalue weighted by Crippen LogP contribution is 2.39. The second-order valence-electron chi connectivity index (χ2n) is 10.6. The minimum absolute atomic E-state index is 0.0491. The SMILES string of the molecule is CC(C)(C)OC(=O)N1C[C@@H](O[Si](c2ccccc2)(c2ccccc2)C(C)(C)C)C[C@H]1CBr. The molecule has 2 atom stereocenters. The number of ether oxygens (including phenoxy) is 1. The molecule has 174 valence electrons.